The van der Waals surface area contributed by atoms with Crippen molar-refractivity contribution in [2.75, 3.05) is 0 Å². The lowest BCUT2D eigenvalue weighted by molar-refractivity contribution is 0.667. The molecule has 0 aliphatic carbocycles. The van der Waals surface area contributed by atoms with Crippen LogP contribution in [0.5, 0.6) is 0 Å². The fraction of sp³-hybridized carbons (Fsp3) is 0.333. The Morgan fingerprint density at radius 2 is 1.50 bits per heavy atom. The number of fused-ring (bicyclic) bond motifs is 1. The molecule has 0 atom stereocenters. The highest BCUT2D eigenvalue weighted by atomic mass is 79.9. The third kappa shape index (κ3) is 4.15. The number of unbranched alkanes of at least 4 members (excludes halogenated alkanes) is 3. The molecular weight excluding hydrogens is 536 g/mol. The average Bonchev–Trinajstić information content (AvgIpc) is 3.38. The molecule has 1 aromatic carbocycles. The van der Waals surface area contributed by atoms with Crippen LogP contribution in [0.3, 0.4) is 0 Å². The minimum absolute atomic E-state index is 1.00. The average molecular weight is 556 g/mol. The summed E-state index contributed by atoms with van der Waals surface area (Å²) in [4.78, 5) is 2.50. The first kappa shape index (κ1) is 20.7. The molecule has 0 bridgehead atoms. The van der Waals surface area contributed by atoms with Gasteiger partial charge in [0.05, 0.1) is 19.3 Å². The molecule has 2 nitrogen and oxygen atoms in total. The molecule has 3 aromatic heterocycles. The van der Waals surface area contributed by atoms with Crippen LogP contribution in [0, 0.1) is 6.92 Å². The van der Waals surface area contributed by atoms with Crippen LogP contribution >= 0.6 is 66.3 Å². The Morgan fingerprint density at radius 3 is 2.11 bits per heavy atom. The highest BCUT2D eigenvalue weighted by Gasteiger charge is 2.17. The van der Waals surface area contributed by atoms with Crippen molar-refractivity contribution in [3.8, 4) is 20.9 Å². The van der Waals surface area contributed by atoms with E-state index in [9.17, 15) is 0 Å². The molecule has 146 valence electrons. The molecule has 0 radical (unpaired) electrons. The van der Waals surface area contributed by atoms with Gasteiger partial charge in [0.15, 0.2) is 0 Å². The Kier molecular flexibility index (Phi) is 6.67. The summed E-state index contributed by atoms with van der Waals surface area (Å²) in [6.45, 7) is 4.38. The largest absolute Gasteiger partial charge is 0.172 e. The molecule has 0 unspecified atom stereocenters. The van der Waals surface area contributed by atoms with E-state index >= 15 is 0 Å². The van der Waals surface area contributed by atoms with E-state index in [0.717, 1.165) is 17.5 Å². The van der Waals surface area contributed by atoms with Crippen molar-refractivity contribution >= 4 is 77.3 Å². The van der Waals surface area contributed by atoms with Crippen LogP contribution in [0.2, 0.25) is 0 Å². The molecule has 0 saturated heterocycles. The number of aryl methyl sites for hydroxylation is 2. The SMILES string of the molecule is CCCCCCc1cc(-c2ccc(-c3cc(C)c(Br)s3)c3nsnc23)sc1Br. The summed E-state index contributed by atoms with van der Waals surface area (Å²) in [6.07, 6.45) is 6.29. The molecule has 0 aliphatic rings. The van der Waals surface area contributed by atoms with Crippen molar-refractivity contribution in [2.45, 2.75) is 46.0 Å². The summed E-state index contributed by atoms with van der Waals surface area (Å²) in [5.74, 6) is 0. The zero-order chi connectivity index (χ0) is 19.7. The minimum Gasteiger partial charge on any atom is -0.172 e. The van der Waals surface area contributed by atoms with Gasteiger partial charge in [-0.1, -0.05) is 38.3 Å². The molecule has 0 saturated carbocycles. The number of hydrogen-bond donors (Lipinski definition) is 0. The predicted octanol–water partition coefficient (Wildman–Crippen LogP) is 9.10. The van der Waals surface area contributed by atoms with Crippen LogP contribution < -0.4 is 0 Å². The standard InChI is InChI=1S/C21H20Br2N2S3/c1-3-4-5-6-7-13-11-17(27-21(13)23)15-9-8-14(18-19(15)25-28-24-18)16-10-12(2)20(22)26-16/h8-11H,3-7H2,1-2H3. The Morgan fingerprint density at radius 1 is 0.857 bits per heavy atom. The number of aromatic nitrogens is 2. The molecule has 28 heavy (non-hydrogen) atoms. The van der Waals surface area contributed by atoms with Gasteiger partial charge in [-0.3, -0.25) is 0 Å². The second-order valence-corrected chi connectivity index (χ2v) is 12.2. The Balaban J connectivity index is 1.69. The quantitative estimate of drug-likeness (QED) is 0.212. The summed E-state index contributed by atoms with van der Waals surface area (Å²) >= 11 is 12.3. The third-order valence-electron chi connectivity index (χ3n) is 4.86. The smallest absolute Gasteiger partial charge is 0.114 e. The normalized spacial score (nSPS) is 11.6. The van der Waals surface area contributed by atoms with E-state index in [1.807, 2.05) is 0 Å². The first-order valence-corrected chi connectivity index (χ1v) is 13.3. The summed E-state index contributed by atoms with van der Waals surface area (Å²) in [7, 11) is 0. The highest BCUT2D eigenvalue weighted by Crippen LogP contribution is 2.43. The van der Waals surface area contributed by atoms with Crippen molar-refractivity contribution in [1.82, 2.24) is 8.75 Å². The van der Waals surface area contributed by atoms with Gasteiger partial charge in [-0.15, -0.1) is 22.7 Å². The number of hydrogen-bond acceptors (Lipinski definition) is 5. The Labute approximate surface area is 194 Å². The van der Waals surface area contributed by atoms with Crippen molar-refractivity contribution in [3.05, 3.63) is 43.0 Å². The fourth-order valence-corrected chi connectivity index (χ4v) is 7.24. The molecule has 4 aromatic rings. The maximum atomic E-state index is 4.65. The van der Waals surface area contributed by atoms with Crippen LogP contribution in [-0.4, -0.2) is 8.75 Å². The van der Waals surface area contributed by atoms with Gasteiger partial charge in [-0.25, -0.2) is 0 Å². The van der Waals surface area contributed by atoms with Crippen LogP contribution in [0.4, 0.5) is 0 Å². The summed E-state index contributed by atoms with van der Waals surface area (Å²) in [5.41, 5.74) is 7.04. The third-order valence-corrected chi connectivity index (χ3v) is 9.55. The van der Waals surface area contributed by atoms with Crippen LogP contribution in [0.1, 0.15) is 43.7 Å². The first-order valence-electron chi connectivity index (χ1n) is 9.38. The lowest BCUT2D eigenvalue weighted by Gasteiger charge is -2.03. The van der Waals surface area contributed by atoms with Gasteiger partial charge in [-0.05, 0) is 74.9 Å². The van der Waals surface area contributed by atoms with E-state index in [1.165, 1.54) is 77.0 Å². The van der Waals surface area contributed by atoms with Crippen molar-refractivity contribution < 1.29 is 0 Å². The maximum absolute atomic E-state index is 4.65. The number of rotatable bonds is 7. The summed E-state index contributed by atoms with van der Waals surface area (Å²) in [5, 5.41) is 0. The van der Waals surface area contributed by atoms with E-state index in [0.29, 0.717) is 0 Å². The Hall–Kier alpha value is -0.600. The molecule has 3 heterocycles. The van der Waals surface area contributed by atoms with Crippen molar-refractivity contribution in [2.24, 2.45) is 0 Å². The Bertz CT molecular complexity index is 1090. The second kappa shape index (κ2) is 9.04. The molecule has 0 amide bonds. The van der Waals surface area contributed by atoms with E-state index in [4.69, 9.17) is 0 Å². The first-order chi connectivity index (χ1) is 13.6. The highest BCUT2D eigenvalue weighted by molar-refractivity contribution is 9.11. The van der Waals surface area contributed by atoms with Crippen molar-refractivity contribution in [3.63, 3.8) is 0 Å². The predicted molar refractivity (Wildman–Crippen MR) is 132 cm³/mol. The van der Waals surface area contributed by atoms with E-state index in [2.05, 4.69) is 78.7 Å². The van der Waals surface area contributed by atoms with Crippen molar-refractivity contribution in [1.29, 1.82) is 0 Å². The van der Waals surface area contributed by atoms with Crippen LogP contribution in [0.15, 0.2) is 31.8 Å². The number of nitrogens with zero attached hydrogens (tertiary/aromatic N) is 2. The lowest BCUT2D eigenvalue weighted by atomic mass is 10.0. The molecule has 0 spiro atoms. The molecule has 0 N–H and O–H groups in total. The zero-order valence-corrected chi connectivity index (χ0v) is 21.3. The van der Waals surface area contributed by atoms with Gasteiger partial charge in [0.25, 0.3) is 0 Å². The van der Waals surface area contributed by atoms with Gasteiger partial charge in [0.2, 0.25) is 0 Å². The van der Waals surface area contributed by atoms with E-state index < -0.39 is 0 Å². The van der Waals surface area contributed by atoms with Gasteiger partial charge in [0.1, 0.15) is 11.0 Å². The zero-order valence-electron chi connectivity index (χ0n) is 15.7. The molecular formula is C21H20Br2N2S3. The van der Waals surface area contributed by atoms with E-state index in [-0.39, 0.29) is 0 Å². The van der Waals surface area contributed by atoms with Gasteiger partial charge in [0, 0.05) is 20.9 Å². The number of thiophene rings is 2. The lowest BCUT2D eigenvalue weighted by Crippen LogP contribution is -1.84. The molecule has 4 rings (SSSR count). The molecule has 0 fully saturated rings. The van der Waals surface area contributed by atoms with Crippen LogP contribution in [-0.2, 0) is 6.42 Å². The maximum Gasteiger partial charge on any atom is 0.114 e. The minimum atomic E-state index is 1.00. The van der Waals surface area contributed by atoms with Gasteiger partial charge >= 0.3 is 0 Å². The van der Waals surface area contributed by atoms with E-state index in [1.54, 1.807) is 22.7 Å². The number of halogens is 2. The van der Waals surface area contributed by atoms with Crippen LogP contribution in [0.25, 0.3) is 31.9 Å². The summed E-state index contributed by atoms with van der Waals surface area (Å²) in [6, 6.07) is 8.96. The van der Waals surface area contributed by atoms with Gasteiger partial charge in [-0.2, -0.15) is 8.75 Å². The molecule has 7 heteroatoms. The second-order valence-electron chi connectivity index (χ2n) is 6.91. The monoisotopic (exact) mass is 554 g/mol. The summed E-state index contributed by atoms with van der Waals surface area (Å²) < 4.78 is 11.7. The van der Waals surface area contributed by atoms with Gasteiger partial charge < -0.3 is 0 Å². The molecule has 0 aliphatic heterocycles. The fourth-order valence-electron chi connectivity index (χ4n) is 3.31. The topological polar surface area (TPSA) is 25.8 Å². The number of benzene rings is 1.